The molecule has 1 aromatic rings. The Labute approximate surface area is 87.1 Å². The average Bonchev–Trinajstić information content (AvgIpc) is 2.16. The predicted octanol–water partition coefficient (Wildman–Crippen LogP) is 3.46. The number of ether oxygens (including phenoxy) is 1. The Morgan fingerprint density at radius 2 is 2.00 bits per heavy atom. The number of hydrogen-bond donors (Lipinski definition) is 0. The van der Waals surface area contributed by atoms with Crippen LogP contribution >= 0.6 is 0 Å². The van der Waals surface area contributed by atoms with E-state index in [4.69, 9.17) is 4.74 Å². The smallest absolute Gasteiger partial charge is 0.122 e. The van der Waals surface area contributed by atoms with Gasteiger partial charge in [0.05, 0.1) is 7.11 Å². The van der Waals surface area contributed by atoms with Gasteiger partial charge < -0.3 is 4.74 Å². The summed E-state index contributed by atoms with van der Waals surface area (Å²) in [6.45, 7) is 6.63. The first-order chi connectivity index (χ1) is 6.67. The van der Waals surface area contributed by atoms with Gasteiger partial charge in [-0.25, -0.2) is 0 Å². The van der Waals surface area contributed by atoms with Gasteiger partial charge >= 0.3 is 0 Å². The molecular formula is C13H20O. The van der Waals surface area contributed by atoms with Gasteiger partial charge in [-0.3, -0.25) is 0 Å². The second-order valence-electron chi connectivity index (χ2n) is 4.10. The molecule has 1 nitrogen and oxygen atoms in total. The van der Waals surface area contributed by atoms with E-state index in [1.54, 1.807) is 7.11 Å². The first-order valence-electron chi connectivity index (χ1n) is 5.33. The summed E-state index contributed by atoms with van der Waals surface area (Å²) in [5, 5.41) is 0. The maximum absolute atomic E-state index is 5.36. The van der Waals surface area contributed by atoms with Gasteiger partial charge in [-0.05, 0) is 36.0 Å². The van der Waals surface area contributed by atoms with Gasteiger partial charge in [0.15, 0.2) is 0 Å². The predicted molar refractivity (Wildman–Crippen MR) is 60.9 cm³/mol. The molecule has 0 saturated carbocycles. The van der Waals surface area contributed by atoms with E-state index in [-0.39, 0.29) is 0 Å². The largest absolute Gasteiger partial charge is 0.496 e. The highest BCUT2D eigenvalue weighted by Gasteiger charge is 2.03. The molecule has 0 N–H and O–H groups in total. The fourth-order valence-electron chi connectivity index (χ4n) is 1.68. The zero-order valence-electron chi connectivity index (χ0n) is 9.63. The third-order valence-electron chi connectivity index (χ3n) is 2.38. The highest BCUT2D eigenvalue weighted by Crippen LogP contribution is 2.22. The van der Waals surface area contributed by atoms with E-state index >= 15 is 0 Å². The van der Waals surface area contributed by atoms with Gasteiger partial charge in [-0.15, -0.1) is 0 Å². The Morgan fingerprint density at radius 1 is 1.29 bits per heavy atom. The molecule has 0 atom stereocenters. The first kappa shape index (κ1) is 11.1. The summed E-state index contributed by atoms with van der Waals surface area (Å²) in [6.07, 6.45) is 2.16. The maximum Gasteiger partial charge on any atom is 0.122 e. The summed E-state index contributed by atoms with van der Waals surface area (Å²) in [6, 6.07) is 6.55. The molecule has 0 unspecified atom stereocenters. The van der Waals surface area contributed by atoms with Crippen LogP contribution in [0.2, 0.25) is 0 Å². The van der Waals surface area contributed by atoms with E-state index in [0.717, 1.165) is 18.6 Å². The molecule has 0 aliphatic rings. The lowest BCUT2D eigenvalue weighted by Gasteiger charge is -2.10. The van der Waals surface area contributed by atoms with Crippen LogP contribution in [0.3, 0.4) is 0 Å². The third kappa shape index (κ3) is 2.76. The fourth-order valence-corrected chi connectivity index (χ4v) is 1.68. The Kier molecular flexibility index (Phi) is 3.99. The summed E-state index contributed by atoms with van der Waals surface area (Å²) in [7, 11) is 1.74. The topological polar surface area (TPSA) is 9.23 Å². The minimum absolute atomic E-state index is 0.701. The van der Waals surface area contributed by atoms with Crippen molar-refractivity contribution in [2.45, 2.75) is 33.6 Å². The van der Waals surface area contributed by atoms with Crippen LogP contribution in [0.5, 0.6) is 5.75 Å². The molecule has 0 bridgehead atoms. The quantitative estimate of drug-likeness (QED) is 0.710. The van der Waals surface area contributed by atoms with Crippen LogP contribution in [0.15, 0.2) is 18.2 Å². The first-order valence-corrected chi connectivity index (χ1v) is 5.33. The van der Waals surface area contributed by atoms with Crippen molar-refractivity contribution in [2.75, 3.05) is 7.11 Å². The standard InChI is InChI=1S/C13H20O/c1-5-12-7-6-11(8-10(2)3)9-13(12)14-4/h6-7,9-10H,5,8H2,1-4H3. The van der Waals surface area contributed by atoms with Gasteiger partial charge in [0.25, 0.3) is 0 Å². The van der Waals surface area contributed by atoms with E-state index in [9.17, 15) is 0 Å². The number of hydrogen-bond acceptors (Lipinski definition) is 1. The molecule has 0 amide bonds. The second kappa shape index (κ2) is 5.04. The van der Waals surface area contributed by atoms with Crippen molar-refractivity contribution in [1.82, 2.24) is 0 Å². The zero-order valence-corrected chi connectivity index (χ0v) is 9.63. The van der Waals surface area contributed by atoms with Crippen LogP contribution in [0, 0.1) is 5.92 Å². The molecule has 78 valence electrons. The summed E-state index contributed by atoms with van der Waals surface area (Å²) in [5.74, 6) is 1.73. The van der Waals surface area contributed by atoms with E-state index in [1.807, 2.05) is 0 Å². The lowest BCUT2D eigenvalue weighted by Crippen LogP contribution is -1.97. The highest BCUT2D eigenvalue weighted by atomic mass is 16.5. The Balaban J connectivity index is 2.89. The molecule has 1 rings (SSSR count). The van der Waals surface area contributed by atoms with Crippen molar-refractivity contribution in [3.63, 3.8) is 0 Å². The molecule has 1 heteroatoms. The fraction of sp³-hybridized carbons (Fsp3) is 0.538. The van der Waals surface area contributed by atoms with Crippen LogP contribution in [0.25, 0.3) is 0 Å². The molecule has 0 saturated heterocycles. The van der Waals surface area contributed by atoms with Crippen molar-refractivity contribution >= 4 is 0 Å². The normalized spacial score (nSPS) is 10.6. The van der Waals surface area contributed by atoms with Crippen molar-refractivity contribution in [3.05, 3.63) is 29.3 Å². The van der Waals surface area contributed by atoms with E-state index < -0.39 is 0 Å². The Morgan fingerprint density at radius 3 is 2.50 bits per heavy atom. The molecule has 0 heterocycles. The summed E-state index contributed by atoms with van der Waals surface area (Å²) in [5.41, 5.74) is 2.66. The van der Waals surface area contributed by atoms with Crippen molar-refractivity contribution in [3.8, 4) is 5.75 Å². The van der Waals surface area contributed by atoms with Crippen LogP contribution in [0.4, 0.5) is 0 Å². The summed E-state index contributed by atoms with van der Waals surface area (Å²) >= 11 is 0. The van der Waals surface area contributed by atoms with Crippen LogP contribution in [-0.4, -0.2) is 7.11 Å². The SMILES string of the molecule is CCc1ccc(CC(C)C)cc1OC. The van der Waals surface area contributed by atoms with E-state index in [0.29, 0.717) is 5.92 Å². The minimum Gasteiger partial charge on any atom is -0.496 e. The monoisotopic (exact) mass is 192 g/mol. The van der Waals surface area contributed by atoms with Gasteiger partial charge in [0.2, 0.25) is 0 Å². The van der Waals surface area contributed by atoms with Crippen LogP contribution in [0.1, 0.15) is 31.9 Å². The number of benzene rings is 1. The number of methoxy groups -OCH3 is 1. The molecule has 0 aromatic heterocycles. The zero-order chi connectivity index (χ0) is 10.6. The van der Waals surface area contributed by atoms with Gasteiger partial charge in [-0.2, -0.15) is 0 Å². The molecular weight excluding hydrogens is 172 g/mol. The van der Waals surface area contributed by atoms with Crippen molar-refractivity contribution in [2.24, 2.45) is 5.92 Å². The molecule has 14 heavy (non-hydrogen) atoms. The minimum atomic E-state index is 0.701. The highest BCUT2D eigenvalue weighted by molar-refractivity contribution is 5.37. The third-order valence-corrected chi connectivity index (χ3v) is 2.38. The summed E-state index contributed by atoms with van der Waals surface area (Å²) in [4.78, 5) is 0. The lowest BCUT2D eigenvalue weighted by molar-refractivity contribution is 0.409. The number of rotatable bonds is 4. The molecule has 0 spiro atoms. The van der Waals surface area contributed by atoms with Crippen molar-refractivity contribution in [1.29, 1.82) is 0 Å². The van der Waals surface area contributed by atoms with Gasteiger partial charge in [0.1, 0.15) is 5.75 Å². The van der Waals surface area contributed by atoms with Gasteiger partial charge in [-0.1, -0.05) is 32.9 Å². The van der Waals surface area contributed by atoms with E-state index in [1.165, 1.54) is 11.1 Å². The van der Waals surface area contributed by atoms with Crippen molar-refractivity contribution < 1.29 is 4.74 Å². The molecule has 1 aromatic carbocycles. The molecule has 0 aliphatic heterocycles. The summed E-state index contributed by atoms with van der Waals surface area (Å²) < 4.78 is 5.36. The number of aryl methyl sites for hydroxylation is 1. The molecule has 0 aliphatic carbocycles. The Bertz CT molecular complexity index is 289. The average molecular weight is 192 g/mol. The van der Waals surface area contributed by atoms with Crippen LogP contribution < -0.4 is 4.74 Å². The maximum atomic E-state index is 5.36. The van der Waals surface area contributed by atoms with Crippen LogP contribution in [-0.2, 0) is 12.8 Å². The lowest BCUT2D eigenvalue weighted by atomic mass is 10.0. The molecule has 0 radical (unpaired) electrons. The molecule has 0 fully saturated rings. The van der Waals surface area contributed by atoms with Gasteiger partial charge in [0, 0.05) is 0 Å². The second-order valence-corrected chi connectivity index (χ2v) is 4.10. The Hall–Kier alpha value is -0.980. The van der Waals surface area contributed by atoms with E-state index in [2.05, 4.69) is 39.0 Å².